The van der Waals surface area contributed by atoms with Gasteiger partial charge in [-0.3, -0.25) is 4.79 Å². The van der Waals surface area contributed by atoms with Crippen LogP contribution in [0.3, 0.4) is 0 Å². The summed E-state index contributed by atoms with van der Waals surface area (Å²) in [6.45, 7) is 4.45. The number of hydrogen-bond acceptors (Lipinski definition) is 4. The Hall–Kier alpha value is -0.650. The lowest BCUT2D eigenvalue weighted by molar-refractivity contribution is -0.121. The van der Waals surface area contributed by atoms with Crippen molar-refractivity contribution in [2.45, 2.75) is 12.8 Å². The van der Waals surface area contributed by atoms with Crippen molar-refractivity contribution in [2.24, 2.45) is 0 Å². The van der Waals surface area contributed by atoms with E-state index in [-0.39, 0.29) is 5.91 Å². The van der Waals surface area contributed by atoms with Crippen molar-refractivity contribution in [2.75, 3.05) is 60.9 Å². The number of amides is 1. The van der Waals surface area contributed by atoms with E-state index in [4.69, 9.17) is 0 Å². The number of nitrogens with one attached hydrogen (secondary N) is 2. The molecule has 0 spiro atoms. The first-order valence-corrected chi connectivity index (χ1v) is 6.29. The predicted molar refractivity (Wildman–Crippen MR) is 72.2 cm³/mol. The van der Waals surface area contributed by atoms with E-state index < -0.39 is 0 Å². The molecule has 0 atom stereocenters. The highest BCUT2D eigenvalue weighted by Crippen LogP contribution is 1.82. The number of carbonyl (C=O) groups excluding carboxylic acids is 1. The van der Waals surface area contributed by atoms with E-state index in [0.717, 1.165) is 39.1 Å². The Balaban J connectivity index is 3.22. The van der Waals surface area contributed by atoms with Crippen LogP contribution in [0.25, 0.3) is 0 Å². The van der Waals surface area contributed by atoms with Crippen LogP contribution in [0.2, 0.25) is 0 Å². The molecule has 2 N–H and O–H groups in total. The van der Waals surface area contributed by atoms with Gasteiger partial charge in [0.1, 0.15) is 0 Å². The topological polar surface area (TPSA) is 47.6 Å². The predicted octanol–water partition coefficient (Wildman–Crippen LogP) is -0.404. The average Bonchev–Trinajstić information content (AvgIpc) is 2.22. The van der Waals surface area contributed by atoms with Crippen LogP contribution in [0.4, 0.5) is 0 Å². The first kappa shape index (κ1) is 16.4. The maximum absolute atomic E-state index is 11.4. The van der Waals surface area contributed by atoms with Crippen LogP contribution in [0.1, 0.15) is 12.8 Å². The average molecular weight is 244 g/mol. The molecule has 0 aromatic heterocycles. The molecule has 102 valence electrons. The molecule has 0 heterocycles. The van der Waals surface area contributed by atoms with E-state index in [1.54, 1.807) is 0 Å². The minimum atomic E-state index is 0.131. The zero-order valence-corrected chi connectivity index (χ0v) is 11.8. The number of likely N-dealkylation sites (N-methyl/N-ethyl adjacent to an activating group) is 1. The van der Waals surface area contributed by atoms with Crippen LogP contribution >= 0.6 is 0 Å². The zero-order chi connectivity index (χ0) is 13.1. The molecule has 0 radical (unpaired) electrons. The molecule has 0 saturated carbocycles. The van der Waals surface area contributed by atoms with E-state index in [1.807, 2.05) is 14.1 Å². The summed E-state index contributed by atoms with van der Waals surface area (Å²) in [6, 6.07) is 0. The number of nitrogens with zero attached hydrogens (tertiary/aromatic N) is 2. The summed E-state index contributed by atoms with van der Waals surface area (Å²) < 4.78 is 0. The molecule has 0 aromatic rings. The summed E-state index contributed by atoms with van der Waals surface area (Å²) >= 11 is 0. The molecule has 0 aliphatic carbocycles. The van der Waals surface area contributed by atoms with Gasteiger partial charge in [-0.25, -0.2) is 0 Å². The molecule has 0 aliphatic rings. The van der Waals surface area contributed by atoms with Crippen LogP contribution in [0.5, 0.6) is 0 Å². The Morgan fingerprint density at radius 3 is 2.18 bits per heavy atom. The molecule has 0 rings (SSSR count). The number of hydrogen-bond donors (Lipinski definition) is 2. The molecule has 0 aliphatic heterocycles. The minimum Gasteiger partial charge on any atom is -0.355 e. The Bertz CT molecular complexity index is 195. The third-order valence-corrected chi connectivity index (χ3v) is 2.37. The summed E-state index contributed by atoms with van der Waals surface area (Å²) in [5.74, 6) is 0.131. The third-order valence-electron chi connectivity index (χ3n) is 2.37. The second-order valence-electron chi connectivity index (χ2n) is 4.81. The van der Waals surface area contributed by atoms with Gasteiger partial charge in [-0.15, -0.1) is 0 Å². The first-order chi connectivity index (χ1) is 8.02. The van der Waals surface area contributed by atoms with E-state index >= 15 is 0 Å². The Morgan fingerprint density at radius 1 is 0.941 bits per heavy atom. The van der Waals surface area contributed by atoms with Crippen LogP contribution in [-0.4, -0.2) is 76.6 Å². The van der Waals surface area contributed by atoms with Gasteiger partial charge in [0.15, 0.2) is 0 Å². The fraction of sp³-hybridized carbons (Fsp3) is 0.917. The van der Waals surface area contributed by atoms with E-state index in [9.17, 15) is 4.79 Å². The van der Waals surface area contributed by atoms with E-state index in [2.05, 4.69) is 34.5 Å². The van der Waals surface area contributed by atoms with Gasteiger partial charge in [-0.05, 0) is 47.7 Å². The van der Waals surface area contributed by atoms with Crippen LogP contribution in [0.15, 0.2) is 0 Å². The molecular formula is C12H28N4O. The van der Waals surface area contributed by atoms with Crippen molar-refractivity contribution in [3.05, 3.63) is 0 Å². The Labute approximate surface area is 106 Å². The summed E-state index contributed by atoms with van der Waals surface area (Å²) in [4.78, 5) is 15.6. The summed E-state index contributed by atoms with van der Waals surface area (Å²) in [5.41, 5.74) is 0. The van der Waals surface area contributed by atoms with E-state index in [1.165, 1.54) is 0 Å². The molecule has 5 nitrogen and oxygen atoms in total. The number of carbonyl (C=O) groups is 1. The van der Waals surface area contributed by atoms with Crippen LogP contribution in [-0.2, 0) is 4.79 Å². The normalized spacial score (nSPS) is 11.2. The Kier molecular flexibility index (Phi) is 10.1. The van der Waals surface area contributed by atoms with Gasteiger partial charge < -0.3 is 20.4 Å². The number of rotatable bonds is 10. The summed E-state index contributed by atoms with van der Waals surface area (Å²) in [7, 11) is 8.13. The summed E-state index contributed by atoms with van der Waals surface area (Å²) in [5, 5.41) is 6.17. The fourth-order valence-corrected chi connectivity index (χ4v) is 1.35. The van der Waals surface area contributed by atoms with Gasteiger partial charge in [-0.2, -0.15) is 0 Å². The van der Waals surface area contributed by atoms with Gasteiger partial charge >= 0.3 is 0 Å². The molecule has 0 unspecified atom stereocenters. The van der Waals surface area contributed by atoms with Crippen molar-refractivity contribution in [3.8, 4) is 0 Å². The smallest absolute Gasteiger partial charge is 0.221 e. The molecule has 17 heavy (non-hydrogen) atoms. The monoisotopic (exact) mass is 244 g/mol. The van der Waals surface area contributed by atoms with Gasteiger partial charge in [0.25, 0.3) is 0 Å². The van der Waals surface area contributed by atoms with Crippen molar-refractivity contribution in [3.63, 3.8) is 0 Å². The third kappa shape index (κ3) is 13.3. The van der Waals surface area contributed by atoms with Crippen molar-refractivity contribution in [1.82, 2.24) is 20.4 Å². The van der Waals surface area contributed by atoms with Crippen LogP contribution < -0.4 is 10.6 Å². The molecular weight excluding hydrogens is 216 g/mol. The maximum atomic E-state index is 11.4. The summed E-state index contributed by atoms with van der Waals surface area (Å²) in [6.07, 6.45) is 1.69. The molecule has 0 bridgehead atoms. The second-order valence-corrected chi connectivity index (χ2v) is 4.81. The minimum absolute atomic E-state index is 0.131. The molecule has 0 aromatic carbocycles. The van der Waals surface area contributed by atoms with Gasteiger partial charge in [-0.1, -0.05) is 0 Å². The molecule has 1 amide bonds. The Morgan fingerprint density at radius 2 is 1.59 bits per heavy atom. The SMILES string of the molecule is CN(C)CCCNCCC(=O)NCCN(C)C. The molecule has 0 saturated heterocycles. The molecule has 0 fully saturated rings. The highest BCUT2D eigenvalue weighted by atomic mass is 16.1. The highest BCUT2D eigenvalue weighted by Gasteiger charge is 2.00. The largest absolute Gasteiger partial charge is 0.355 e. The van der Waals surface area contributed by atoms with Crippen molar-refractivity contribution >= 4 is 5.91 Å². The van der Waals surface area contributed by atoms with Crippen molar-refractivity contribution < 1.29 is 4.79 Å². The van der Waals surface area contributed by atoms with E-state index in [0.29, 0.717) is 6.42 Å². The lowest BCUT2D eigenvalue weighted by Gasteiger charge is -2.11. The van der Waals surface area contributed by atoms with Gasteiger partial charge in [0, 0.05) is 26.1 Å². The van der Waals surface area contributed by atoms with Gasteiger partial charge in [0.2, 0.25) is 5.91 Å². The van der Waals surface area contributed by atoms with Gasteiger partial charge in [0.05, 0.1) is 0 Å². The lowest BCUT2D eigenvalue weighted by Crippen LogP contribution is -2.33. The van der Waals surface area contributed by atoms with Crippen molar-refractivity contribution in [1.29, 1.82) is 0 Å². The fourth-order valence-electron chi connectivity index (χ4n) is 1.35. The molecule has 5 heteroatoms. The van der Waals surface area contributed by atoms with Crippen LogP contribution in [0, 0.1) is 0 Å². The standard InChI is InChI=1S/C12H28N4O/c1-15(2)10-5-7-13-8-6-12(17)14-9-11-16(3)4/h13H,5-11H2,1-4H3,(H,14,17). The maximum Gasteiger partial charge on any atom is 0.221 e. The first-order valence-electron chi connectivity index (χ1n) is 6.29. The zero-order valence-electron chi connectivity index (χ0n) is 11.8. The lowest BCUT2D eigenvalue weighted by atomic mass is 10.3. The quantitative estimate of drug-likeness (QED) is 0.513. The highest BCUT2D eigenvalue weighted by molar-refractivity contribution is 5.76. The second kappa shape index (κ2) is 10.5.